The molecule has 1 nitrogen and oxygen atoms in total. The fourth-order valence-electron chi connectivity index (χ4n) is 2.82. The summed E-state index contributed by atoms with van der Waals surface area (Å²) >= 11 is 0. The molecule has 0 aromatic rings. The van der Waals surface area contributed by atoms with Crippen LogP contribution in [0.2, 0.25) is 0 Å². The van der Waals surface area contributed by atoms with Gasteiger partial charge in [-0.15, -0.1) is 12.4 Å². The van der Waals surface area contributed by atoms with Crippen molar-refractivity contribution >= 4 is 12.4 Å². The summed E-state index contributed by atoms with van der Waals surface area (Å²) in [6, 6.07) is 0. The van der Waals surface area contributed by atoms with Crippen molar-refractivity contribution in [2.75, 3.05) is 0 Å². The van der Waals surface area contributed by atoms with Gasteiger partial charge in [0.25, 0.3) is 0 Å². The van der Waals surface area contributed by atoms with Crippen LogP contribution in [0.15, 0.2) is 0 Å². The van der Waals surface area contributed by atoms with Crippen LogP contribution in [0.25, 0.3) is 0 Å². The minimum Gasteiger partial charge on any atom is -0.325 e. The predicted octanol–water partition coefficient (Wildman–Crippen LogP) is 3.12. The van der Waals surface area contributed by atoms with Crippen LogP contribution in [0.1, 0.15) is 69.9 Å². The van der Waals surface area contributed by atoms with Gasteiger partial charge in [-0.3, -0.25) is 0 Å². The molecule has 4 aliphatic carbocycles. The highest BCUT2D eigenvalue weighted by Crippen LogP contribution is 2.65. The first-order valence-corrected chi connectivity index (χ1v) is 4.41. The fraction of sp³-hybridized carbons (Fsp3) is 1.00. The Balaban J connectivity index is 0.00000261. The lowest BCUT2D eigenvalue weighted by molar-refractivity contribution is -0.104. The van der Waals surface area contributed by atoms with Crippen LogP contribution in [0.4, 0.5) is 0 Å². The molecule has 2 N–H and O–H groups in total. The Morgan fingerprint density at radius 1 is 1.36 bits per heavy atom. The first-order chi connectivity index (χ1) is 11.1. The third-order valence-corrected chi connectivity index (χ3v) is 2.88. The average Bonchev–Trinajstić information content (AvgIpc) is 2.39. The summed E-state index contributed by atoms with van der Waals surface area (Å²) in [5.41, 5.74) is -1.92. The number of hydrogen-bond donors (Lipinski definition) is 1. The van der Waals surface area contributed by atoms with Crippen LogP contribution in [0, 0.1) is 16.7 Å². The van der Waals surface area contributed by atoms with Gasteiger partial charge >= 0.3 is 0 Å². The van der Waals surface area contributed by atoms with E-state index in [0.717, 1.165) is 0 Å². The monoisotopic (exact) mass is 228 g/mol. The molecule has 0 heterocycles. The zero-order valence-corrected chi connectivity index (χ0v) is 8.42. The third kappa shape index (κ3) is 1.40. The van der Waals surface area contributed by atoms with Gasteiger partial charge < -0.3 is 5.73 Å². The van der Waals surface area contributed by atoms with Gasteiger partial charge in [0.2, 0.25) is 0 Å². The molecule has 4 rings (SSSR count). The normalized spacial score (nSPS) is 91.4. The summed E-state index contributed by atoms with van der Waals surface area (Å²) in [6.45, 7) is -6.17. The SMILES string of the molecule is Cl.[2H]C([2H])([2H])C12CC3([2H])CC(C([2H])([2H])[2H])(C1)C([2H])([2H])C(N)(C3([2H])[2H])C2([2H])[2H]. The summed E-state index contributed by atoms with van der Waals surface area (Å²) in [6.07, 6.45) is -11.5. The van der Waals surface area contributed by atoms with E-state index in [1.54, 1.807) is 0 Å². The maximum Gasteiger partial charge on any atom is 0.0304 e. The lowest BCUT2D eigenvalue weighted by atomic mass is 9.43. The van der Waals surface area contributed by atoms with E-state index in [1.807, 2.05) is 0 Å². The van der Waals surface area contributed by atoms with Gasteiger partial charge in [-0.25, -0.2) is 0 Å². The van der Waals surface area contributed by atoms with Crippen molar-refractivity contribution in [3.05, 3.63) is 0 Å². The molecule has 0 amide bonds. The third-order valence-electron chi connectivity index (χ3n) is 2.88. The summed E-state index contributed by atoms with van der Waals surface area (Å²) in [4.78, 5) is 0. The highest BCUT2D eigenvalue weighted by Gasteiger charge is 2.58. The Morgan fingerprint density at radius 2 is 1.93 bits per heavy atom. The van der Waals surface area contributed by atoms with E-state index in [4.69, 9.17) is 23.6 Å². The Morgan fingerprint density at radius 3 is 2.43 bits per heavy atom. The maximum atomic E-state index is 8.62. The summed E-state index contributed by atoms with van der Waals surface area (Å²) in [7, 11) is 0. The van der Waals surface area contributed by atoms with Crippen LogP contribution >= 0.6 is 12.4 Å². The quantitative estimate of drug-likeness (QED) is 0.678. The van der Waals surface area contributed by atoms with Crippen molar-refractivity contribution in [2.24, 2.45) is 22.5 Å². The number of halogens is 1. The van der Waals surface area contributed by atoms with Crippen molar-refractivity contribution in [2.45, 2.75) is 57.6 Å². The predicted molar refractivity (Wildman–Crippen MR) is 61.6 cm³/mol. The van der Waals surface area contributed by atoms with Crippen LogP contribution in [0.3, 0.4) is 0 Å². The maximum absolute atomic E-state index is 8.62. The molecular formula is C12H22ClN. The molecule has 0 spiro atoms. The smallest absolute Gasteiger partial charge is 0.0304 e. The fourth-order valence-corrected chi connectivity index (χ4v) is 2.82. The molecule has 2 unspecified atom stereocenters. The molecule has 0 radical (unpaired) electrons. The van der Waals surface area contributed by atoms with Gasteiger partial charge in [0.15, 0.2) is 0 Å². The van der Waals surface area contributed by atoms with Gasteiger partial charge in [-0.2, -0.15) is 0 Å². The second kappa shape index (κ2) is 2.68. The van der Waals surface area contributed by atoms with Crippen LogP contribution < -0.4 is 5.73 Å². The standard InChI is InChI=1S/C12H21N.ClH/c1-10-3-9-4-11(2,6-10)8-12(13,5-9)7-10;/h9H,3-8,13H2,1-2H3;1H/i1D3,2D3,5D2,7D2,8D2,9D;. The number of hydrogen-bond acceptors (Lipinski definition) is 1. The highest BCUT2D eigenvalue weighted by atomic mass is 35.5. The Bertz CT molecular complexity index is 625. The second-order valence-electron chi connectivity index (χ2n) is 4.48. The highest BCUT2D eigenvalue weighted by molar-refractivity contribution is 5.85. The van der Waals surface area contributed by atoms with Crippen LogP contribution in [-0.2, 0) is 0 Å². The molecule has 2 atom stereocenters. The van der Waals surface area contributed by atoms with E-state index < -0.39 is 74.3 Å². The molecule has 0 aromatic carbocycles. The van der Waals surface area contributed by atoms with E-state index in [2.05, 4.69) is 0 Å². The van der Waals surface area contributed by atoms with Crippen LogP contribution in [0.5, 0.6) is 0 Å². The van der Waals surface area contributed by atoms with Crippen molar-refractivity contribution in [1.29, 1.82) is 0 Å². The number of nitrogens with two attached hydrogens (primary N) is 1. The Kier molecular flexibility index (Phi) is 0.600. The number of rotatable bonds is 0. The molecule has 0 aliphatic heterocycles. The van der Waals surface area contributed by atoms with Crippen molar-refractivity contribution in [1.82, 2.24) is 0 Å². The molecule has 0 aromatic heterocycles. The minimum absolute atomic E-state index is 0. The van der Waals surface area contributed by atoms with E-state index >= 15 is 0 Å². The zero-order chi connectivity index (χ0) is 20.6. The van der Waals surface area contributed by atoms with E-state index in [-0.39, 0.29) is 12.4 Å². The van der Waals surface area contributed by atoms with Crippen molar-refractivity contribution < 1.29 is 17.8 Å². The largest absolute Gasteiger partial charge is 0.325 e. The minimum atomic E-state index is -3.12. The molecular weight excluding hydrogens is 194 g/mol. The van der Waals surface area contributed by atoms with Crippen LogP contribution in [-0.4, -0.2) is 5.54 Å². The summed E-state index contributed by atoms with van der Waals surface area (Å²) in [5, 5.41) is 0. The molecule has 14 heavy (non-hydrogen) atoms. The molecule has 2 heteroatoms. The van der Waals surface area contributed by atoms with E-state index in [0.29, 0.717) is 0 Å². The van der Waals surface area contributed by atoms with Gasteiger partial charge in [0, 0.05) is 23.4 Å². The lowest BCUT2D eigenvalue weighted by Crippen LogP contribution is -2.62. The molecule has 0 saturated heterocycles. The summed E-state index contributed by atoms with van der Waals surface area (Å²) < 4.78 is 107. The Labute approximate surface area is 111 Å². The van der Waals surface area contributed by atoms with Gasteiger partial charge in [-0.1, -0.05) is 13.7 Å². The molecule has 4 aliphatic rings. The van der Waals surface area contributed by atoms with Gasteiger partial charge in [0.1, 0.15) is 0 Å². The van der Waals surface area contributed by atoms with Crippen molar-refractivity contribution in [3.63, 3.8) is 0 Å². The zero-order valence-electron chi connectivity index (χ0n) is 20.6. The lowest BCUT2D eigenvalue weighted by Gasteiger charge is -2.64. The molecule has 82 valence electrons. The van der Waals surface area contributed by atoms with Gasteiger partial charge in [-0.05, 0) is 55.1 Å². The van der Waals surface area contributed by atoms with Gasteiger partial charge in [0.05, 0.1) is 0 Å². The topological polar surface area (TPSA) is 26.0 Å². The van der Waals surface area contributed by atoms with E-state index in [9.17, 15) is 0 Å². The molecule has 4 saturated carbocycles. The molecule has 4 fully saturated rings. The second-order valence-corrected chi connectivity index (χ2v) is 4.48. The first kappa shape index (κ1) is 3.13. The van der Waals surface area contributed by atoms with E-state index in [1.165, 1.54) is 0 Å². The summed E-state index contributed by atoms with van der Waals surface area (Å²) in [5.74, 6) is -2.33. The van der Waals surface area contributed by atoms with Crippen molar-refractivity contribution in [3.8, 4) is 0 Å². The average molecular weight is 229 g/mol. The Hall–Kier alpha value is 0.250. The molecule has 4 bridgehead atoms. The first-order valence-electron chi connectivity index (χ1n) is 10.9.